The number of amides is 3. The zero-order valence-corrected chi connectivity index (χ0v) is 13.0. The Morgan fingerprint density at radius 3 is 2.22 bits per heavy atom. The van der Waals surface area contributed by atoms with Gasteiger partial charge in [-0.25, -0.2) is 4.79 Å². The van der Waals surface area contributed by atoms with E-state index in [2.05, 4.69) is 5.32 Å². The van der Waals surface area contributed by atoms with Gasteiger partial charge in [0.1, 0.15) is 0 Å². The quantitative estimate of drug-likeness (QED) is 0.847. The van der Waals surface area contributed by atoms with Crippen LogP contribution in [-0.2, 0) is 11.0 Å². The summed E-state index contributed by atoms with van der Waals surface area (Å²) >= 11 is 5.84. The van der Waals surface area contributed by atoms with E-state index in [0.29, 0.717) is 26.2 Å². The molecule has 0 radical (unpaired) electrons. The van der Waals surface area contributed by atoms with E-state index in [9.17, 15) is 22.8 Å². The first-order valence-corrected chi connectivity index (χ1v) is 7.24. The number of carbonyl (C=O) groups excluding carboxylic acids is 2. The number of anilines is 1. The van der Waals surface area contributed by atoms with Gasteiger partial charge in [-0.2, -0.15) is 13.2 Å². The van der Waals surface area contributed by atoms with Crippen LogP contribution in [0, 0.1) is 0 Å². The van der Waals surface area contributed by atoms with Crippen molar-refractivity contribution in [3.8, 4) is 0 Å². The second-order valence-corrected chi connectivity index (χ2v) is 5.52. The first-order valence-electron chi connectivity index (χ1n) is 6.86. The van der Waals surface area contributed by atoms with Gasteiger partial charge in [0.25, 0.3) is 0 Å². The first kappa shape index (κ1) is 17.4. The van der Waals surface area contributed by atoms with Gasteiger partial charge in [0.2, 0.25) is 5.91 Å². The maximum absolute atomic E-state index is 12.7. The SMILES string of the molecule is CC(=O)N1CCN(C(=O)Nc2cc(C(F)(F)F)ccc2Cl)CC1. The number of urea groups is 1. The number of nitrogens with zero attached hydrogens (tertiary/aromatic N) is 2. The number of halogens is 4. The van der Waals surface area contributed by atoms with E-state index in [1.165, 1.54) is 11.8 Å². The third kappa shape index (κ3) is 4.28. The summed E-state index contributed by atoms with van der Waals surface area (Å²) in [4.78, 5) is 26.4. The standard InChI is InChI=1S/C14H15ClF3N3O2/c1-9(22)20-4-6-21(7-5-20)13(23)19-12-8-10(14(16,17)18)2-3-11(12)15/h2-3,8H,4-7H2,1H3,(H,19,23). The molecule has 1 heterocycles. The van der Waals surface area contributed by atoms with E-state index in [-0.39, 0.29) is 16.6 Å². The predicted molar refractivity (Wildman–Crippen MR) is 79.3 cm³/mol. The molecule has 0 aliphatic carbocycles. The minimum atomic E-state index is -4.52. The van der Waals surface area contributed by atoms with Crippen LogP contribution in [0.1, 0.15) is 12.5 Å². The summed E-state index contributed by atoms with van der Waals surface area (Å²) in [6.07, 6.45) is -4.52. The van der Waals surface area contributed by atoms with Gasteiger partial charge < -0.3 is 15.1 Å². The Bertz CT molecular complexity index is 614. The lowest BCUT2D eigenvalue weighted by Crippen LogP contribution is -2.51. The molecule has 3 amide bonds. The lowest BCUT2D eigenvalue weighted by Gasteiger charge is -2.34. The van der Waals surface area contributed by atoms with Gasteiger partial charge in [-0.3, -0.25) is 4.79 Å². The summed E-state index contributed by atoms with van der Waals surface area (Å²) < 4.78 is 38.1. The van der Waals surface area contributed by atoms with Gasteiger partial charge >= 0.3 is 12.2 Å². The molecule has 0 atom stereocenters. The van der Waals surface area contributed by atoms with Gasteiger partial charge in [-0.1, -0.05) is 11.6 Å². The van der Waals surface area contributed by atoms with Crippen LogP contribution in [0.2, 0.25) is 5.02 Å². The highest BCUT2D eigenvalue weighted by atomic mass is 35.5. The maximum Gasteiger partial charge on any atom is 0.416 e. The molecule has 5 nitrogen and oxygen atoms in total. The molecule has 1 aliphatic heterocycles. The number of hydrogen-bond acceptors (Lipinski definition) is 2. The van der Waals surface area contributed by atoms with E-state index in [4.69, 9.17) is 11.6 Å². The van der Waals surface area contributed by atoms with Crippen LogP contribution in [0.4, 0.5) is 23.7 Å². The topological polar surface area (TPSA) is 52.7 Å². The van der Waals surface area contributed by atoms with Crippen LogP contribution in [0.15, 0.2) is 18.2 Å². The fourth-order valence-corrected chi connectivity index (χ4v) is 2.38. The molecule has 126 valence electrons. The number of carbonyl (C=O) groups is 2. The summed E-state index contributed by atoms with van der Waals surface area (Å²) in [5.74, 6) is -0.0778. The molecule has 0 saturated carbocycles. The van der Waals surface area contributed by atoms with Gasteiger partial charge in [0, 0.05) is 33.1 Å². The summed E-state index contributed by atoms with van der Waals surface area (Å²) in [7, 11) is 0. The zero-order valence-electron chi connectivity index (χ0n) is 12.3. The lowest BCUT2D eigenvalue weighted by molar-refractivity contribution is -0.137. The molecule has 2 rings (SSSR count). The molecule has 0 aromatic heterocycles. The van der Waals surface area contributed by atoms with Crippen molar-refractivity contribution in [3.05, 3.63) is 28.8 Å². The van der Waals surface area contributed by atoms with Gasteiger partial charge in [-0.05, 0) is 18.2 Å². The Kier molecular flexibility index (Phi) is 5.03. The molecule has 0 bridgehead atoms. The first-order chi connectivity index (χ1) is 10.7. The van der Waals surface area contributed by atoms with Gasteiger partial charge in [0.05, 0.1) is 16.3 Å². The van der Waals surface area contributed by atoms with E-state index in [0.717, 1.165) is 18.2 Å². The Morgan fingerprint density at radius 1 is 1.13 bits per heavy atom. The molecular formula is C14H15ClF3N3O2. The van der Waals surface area contributed by atoms with Crippen LogP contribution in [0.5, 0.6) is 0 Å². The Hall–Kier alpha value is -1.96. The summed E-state index contributed by atoms with van der Waals surface area (Å²) in [5, 5.41) is 2.41. The lowest BCUT2D eigenvalue weighted by atomic mass is 10.2. The monoisotopic (exact) mass is 349 g/mol. The molecule has 1 saturated heterocycles. The molecule has 1 aliphatic rings. The highest BCUT2D eigenvalue weighted by molar-refractivity contribution is 6.33. The molecule has 0 unspecified atom stereocenters. The fourth-order valence-electron chi connectivity index (χ4n) is 2.22. The van der Waals surface area contributed by atoms with Crippen molar-refractivity contribution < 1.29 is 22.8 Å². The van der Waals surface area contributed by atoms with Crippen LogP contribution >= 0.6 is 11.6 Å². The predicted octanol–water partition coefficient (Wildman–Crippen LogP) is 3.05. The van der Waals surface area contributed by atoms with Crippen molar-refractivity contribution in [2.24, 2.45) is 0 Å². The van der Waals surface area contributed by atoms with Crippen molar-refractivity contribution in [1.29, 1.82) is 0 Å². The number of rotatable bonds is 1. The molecule has 1 N–H and O–H groups in total. The number of benzene rings is 1. The summed E-state index contributed by atoms with van der Waals surface area (Å²) in [6.45, 7) is 2.83. The average Bonchev–Trinajstić information content (AvgIpc) is 2.48. The molecule has 1 aromatic rings. The van der Waals surface area contributed by atoms with Crippen LogP contribution in [-0.4, -0.2) is 47.9 Å². The molecule has 9 heteroatoms. The van der Waals surface area contributed by atoms with E-state index >= 15 is 0 Å². The highest BCUT2D eigenvalue weighted by Crippen LogP contribution is 2.33. The second kappa shape index (κ2) is 6.66. The van der Waals surface area contributed by atoms with Gasteiger partial charge in [0.15, 0.2) is 0 Å². The summed E-state index contributed by atoms with van der Waals surface area (Å²) in [5.41, 5.74) is -0.987. The smallest absolute Gasteiger partial charge is 0.339 e. The molecule has 0 spiro atoms. The zero-order chi connectivity index (χ0) is 17.2. The van der Waals surface area contributed by atoms with E-state index in [1.54, 1.807) is 4.90 Å². The number of hydrogen-bond donors (Lipinski definition) is 1. The molecule has 1 fully saturated rings. The Labute approximate surface area is 136 Å². The number of nitrogens with one attached hydrogen (secondary N) is 1. The van der Waals surface area contributed by atoms with Crippen molar-refractivity contribution in [3.63, 3.8) is 0 Å². The van der Waals surface area contributed by atoms with Gasteiger partial charge in [-0.15, -0.1) is 0 Å². The molecule has 23 heavy (non-hydrogen) atoms. The van der Waals surface area contributed by atoms with Crippen molar-refractivity contribution in [2.75, 3.05) is 31.5 Å². The third-order valence-corrected chi connectivity index (χ3v) is 3.88. The third-order valence-electron chi connectivity index (χ3n) is 3.55. The minimum Gasteiger partial charge on any atom is -0.339 e. The van der Waals surface area contributed by atoms with E-state index < -0.39 is 17.8 Å². The van der Waals surface area contributed by atoms with E-state index in [1.807, 2.05) is 0 Å². The normalized spacial score (nSPS) is 15.5. The largest absolute Gasteiger partial charge is 0.416 e. The Morgan fingerprint density at radius 2 is 1.70 bits per heavy atom. The Balaban J connectivity index is 2.05. The highest BCUT2D eigenvalue weighted by Gasteiger charge is 2.31. The second-order valence-electron chi connectivity index (χ2n) is 5.12. The molecular weight excluding hydrogens is 335 g/mol. The van der Waals surface area contributed by atoms with Crippen LogP contribution < -0.4 is 5.32 Å². The van der Waals surface area contributed by atoms with Crippen molar-refractivity contribution in [2.45, 2.75) is 13.1 Å². The fraction of sp³-hybridized carbons (Fsp3) is 0.429. The molecule has 1 aromatic carbocycles. The van der Waals surface area contributed by atoms with Crippen LogP contribution in [0.25, 0.3) is 0 Å². The van der Waals surface area contributed by atoms with Crippen molar-refractivity contribution >= 4 is 29.2 Å². The van der Waals surface area contributed by atoms with Crippen LogP contribution in [0.3, 0.4) is 0 Å². The average molecular weight is 350 g/mol. The minimum absolute atomic E-state index is 0.0220. The summed E-state index contributed by atoms with van der Waals surface area (Å²) in [6, 6.07) is 2.19. The number of alkyl halides is 3. The number of piperazine rings is 1. The van der Waals surface area contributed by atoms with Crippen molar-refractivity contribution in [1.82, 2.24) is 9.80 Å². The maximum atomic E-state index is 12.7.